The van der Waals surface area contributed by atoms with Crippen LogP contribution in [0.1, 0.15) is 45.6 Å². The van der Waals surface area contributed by atoms with E-state index in [1.54, 1.807) is 26.0 Å². The zero-order valence-corrected chi connectivity index (χ0v) is 21.8. The van der Waals surface area contributed by atoms with E-state index in [1.165, 1.54) is 14.2 Å². The van der Waals surface area contributed by atoms with Crippen LogP contribution in [0.2, 0.25) is 0 Å². The van der Waals surface area contributed by atoms with Crippen molar-refractivity contribution in [3.05, 3.63) is 44.7 Å². The number of carbonyl (C=O) groups is 3. The van der Waals surface area contributed by atoms with E-state index in [4.69, 9.17) is 18.9 Å². The van der Waals surface area contributed by atoms with Gasteiger partial charge in [-0.15, -0.1) is 0 Å². The third kappa shape index (κ3) is 4.58. The summed E-state index contributed by atoms with van der Waals surface area (Å²) in [6, 6.07) is 3.56. The highest BCUT2D eigenvalue weighted by molar-refractivity contribution is 9.10. The number of halogens is 1. The number of carbonyl (C=O) groups excluding carboxylic acids is 3. The van der Waals surface area contributed by atoms with Crippen molar-refractivity contribution in [3.63, 3.8) is 0 Å². The molecule has 1 aliphatic carbocycles. The van der Waals surface area contributed by atoms with Crippen molar-refractivity contribution in [2.45, 2.75) is 40.0 Å². The summed E-state index contributed by atoms with van der Waals surface area (Å²) in [5.74, 6) is -2.49. The molecule has 0 unspecified atom stereocenters. The molecule has 0 amide bonds. The van der Waals surface area contributed by atoms with Crippen LogP contribution in [0.15, 0.2) is 39.1 Å². The molecule has 3 atom stereocenters. The third-order valence-corrected chi connectivity index (χ3v) is 6.70. The average Bonchev–Trinajstić information content (AvgIpc) is 2.79. The van der Waals surface area contributed by atoms with Gasteiger partial charge < -0.3 is 24.3 Å². The molecule has 0 saturated carbocycles. The highest BCUT2D eigenvalue weighted by Gasteiger charge is 2.47. The Morgan fingerprint density at radius 3 is 2.47 bits per heavy atom. The standard InChI is InChI=1S/C25H30BrNO7/c1-7-33-23-15(26)10-14(11-17(23)31-5)20-19(25(30)34-8-2)13(4)27-16-9-12(3)18(24(29)32-6)22(28)21(16)20/h10-12,18,20,27H,7-9H2,1-6H3/t12-,18-,20+/m0/s1. The summed E-state index contributed by atoms with van der Waals surface area (Å²) in [7, 11) is 2.79. The predicted octanol–water partition coefficient (Wildman–Crippen LogP) is 4.03. The van der Waals surface area contributed by atoms with Crippen molar-refractivity contribution in [2.75, 3.05) is 27.4 Å². The molecule has 0 aromatic heterocycles. The summed E-state index contributed by atoms with van der Waals surface area (Å²) >= 11 is 3.54. The van der Waals surface area contributed by atoms with Gasteiger partial charge in [0.2, 0.25) is 0 Å². The molecule has 0 radical (unpaired) electrons. The number of ketones is 1. The molecule has 1 aromatic rings. The van der Waals surface area contributed by atoms with E-state index in [2.05, 4.69) is 21.2 Å². The van der Waals surface area contributed by atoms with E-state index in [0.29, 0.717) is 57.1 Å². The van der Waals surface area contributed by atoms with Crippen LogP contribution in [-0.2, 0) is 23.9 Å². The maximum Gasteiger partial charge on any atom is 0.336 e. The van der Waals surface area contributed by atoms with Gasteiger partial charge in [-0.25, -0.2) is 4.79 Å². The van der Waals surface area contributed by atoms with Gasteiger partial charge in [-0.05, 0) is 66.7 Å². The highest BCUT2D eigenvalue weighted by atomic mass is 79.9. The van der Waals surface area contributed by atoms with E-state index in [9.17, 15) is 14.4 Å². The first-order valence-electron chi connectivity index (χ1n) is 11.2. The van der Waals surface area contributed by atoms with E-state index in [1.807, 2.05) is 13.8 Å². The second-order valence-corrected chi connectivity index (χ2v) is 9.08. The van der Waals surface area contributed by atoms with Gasteiger partial charge in [0.25, 0.3) is 0 Å². The molecule has 3 rings (SSSR count). The fourth-order valence-corrected chi connectivity index (χ4v) is 5.26. The van der Waals surface area contributed by atoms with Crippen LogP contribution in [0.4, 0.5) is 0 Å². The van der Waals surface area contributed by atoms with E-state index in [-0.39, 0.29) is 18.3 Å². The van der Waals surface area contributed by atoms with Crippen LogP contribution < -0.4 is 14.8 Å². The number of hydrogen-bond donors (Lipinski definition) is 1. The minimum Gasteiger partial charge on any atom is -0.493 e. The van der Waals surface area contributed by atoms with Gasteiger partial charge in [0.05, 0.1) is 37.5 Å². The third-order valence-electron chi connectivity index (χ3n) is 6.11. The fourth-order valence-electron chi connectivity index (χ4n) is 4.68. The number of benzene rings is 1. The number of allylic oxidation sites excluding steroid dienone is 3. The predicted molar refractivity (Wildman–Crippen MR) is 128 cm³/mol. The zero-order chi connectivity index (χ0) is 25.2. The maximum absolute atomic E-state index is 13.8. The van der Waals surface area contributed by atoms with Gasteiger partial charge in [0.1, 0.15) is 5.92 Å². The smallest absolute Gasteiger partial charge is 0.336 e. The number of hydrogen-bond acceptors (Lipinski definition) is 8. The van der Waals surface area contributed by atoms with Crippen molar-refractivity contribution < 1.29 is 33.3 Å². The zero-order valence-electron chi connectivity index (χ0n) is 20.2. The second-order valence-electron chi connectivity index (χ2n) is 8.22. The second kappa shape index (κ2) is 10.6. The summed E-state index contributed by atoms with van der Waals surface area (Å²) in [5, 5.41) is 3.24. The molecule has 8 nitrogen and oxygen atoms in total. The lowest BCUT2D eigenvalue weighted by Crippen LogP contribution is -2.43. The average molecular weight is 536 g/mol. The molecule has 0 bridgehead atoms. The van der Waals surface area contributed by atoms with Gasteiger partial charge in [-0.2, -0.15) is 0 Å². The Morgan fingerprint density at radius 1 is 1.18 bits per heavy atom. The summed E-state index contributed by atoms with van der Waals surface area (Å²) in [6.07, 6.45) is 0.458. The Morgan fingerprint density at radius 2 is 1.88 bits per heavy atom. The molecule has 184 valence electrons. The van der Waals surface area contributed by atoms with Crippen LogP contribution in [0, 0.1) is 11.8 Å². The van der Waals surface area contributed by atoms with Crippen molar-refractivity contribution in [1.82, 2.24) is 5.32 Å². The molecule has 9 heteroatoms. The minimum absolute atomic E-state index is 0.181. The first kappa shape index (κ1) is 25.8. The topological polar surface area (TPSA) is 100 Å². The number of dihydropyridines is 1. The summed E-state index contributed by atoms with van der Waals surface area (Å²) in [4.78, 5) is 39.4. The first-order chi connectivity index (χ1) is 16.2. The van der Waals surface area contributed by atoms with Crippen molar-refractivity contribution >= 4 is 33.7 Å². The monoisotopic (exact) mass is 535 g/mol. The van der Waals surface area contributed by atoms with Crippen LogP contribution in [0.5, 0.6) is 11.5 Å². The number of ether oxygens (including phenoxy) is 4. The van der Waals surface area contributed by atoms with Gasteiger partial charge in [0, 0.05) is 22.9 Å². The molecule has 0 fully saturated rings. The number of Topliss-reactive ketones (excluding diaryl/α,β-unsaturated/α-hetero) is 1. The Hall–Kier alpha value is -2.81. The molecule has 1 aliphatic heterocycles. The summed E-state index contributed by atoms with van der Waals surface area (Å²) in [5.41, 5.74) is 2.60. The number of nitrogens with one attached hydrogen (secondary N) is 1. The summed E-state index contributed by atoms with van der Waals surface area (Å²) < 4.78 is 22.2. The lowest BCUT2D eigenvalue weighted by atomic mass is 9.69. The quantitative estimate of drug-likeness (QED) is 0.412. The highest BCUT2D eigenvalue weighted by Crippen LogP contribution is 2.48. The summed E-state index contributed by atoms with van der Waals surface area (Å²) in [6.45, 7) is 7.83. The molecule has 0 saturated heterocycles. The van der Waals surface area contributed by atoms with E-state index >= 15 is 0 Å². The molecule has 2 aliphatic rings. The molecular weight excluding hydrogens is 506 g/mol. The largest absolute Gasteiger partial charge is 0.493 e. The van der Waals surface area contributed by atoms with E-state index < -0.39 is 23.8 Å². The van der Waals surface area contributed by atoms with Crippen LogP contribution >= 0.6 is 15.9 Å². The van der Waals surface area contributed by atoms with Crippen LogP contribution in [0.3, 0.4) is 0 Å². The van der Waals surface area contributed by atoms with Gasteiger partial charge in [-0.1, -0.05) is 6.92 Å². The van der Waals surface area contributed by atoms with Crippen molar-refractivity contribution in [1.29, 1.82) is 0 Å². The Bertz CT molecular complexity index is 1080. The number of esters is 2. The lowest BCUT2D eigenvalue weighted by Gasteiger charge is -2.38. The van der Waals surface area contributed by atoms with Crippen LogP contribution in [-0.4, -0.2) is 45.2 Å². The molecule has 34 heavy (non-hydrogen) atoms. The van der Waals surface area contributed by atoms with Gasteiger partial charge >= 0.3 is 11.9 Å². The van der Waals surface area contributed by atoms with E-state index in [0.717, 1.165) is 0 Å². The minimum atomic E-state index is -0.956. The first-order valence-corrected chi connectivity index (χ1v) is 12.0. The molecular formula is C25H30BrNO7. The van der Waals surface area contributed by atoms with Gasteiger partial charge in [-0.3, -0.25) is 9.59 Å². The van der Waals surface area contributed by atoms with Crippen molar-refractivity contribution in [2.24, 2.45) is 11.8 Å². The molecule has 0 spiro atoms. The molecule has 1 aromatic carbocycles. The fraction of sp³-hybridized carbons (Fsp3) is 0.480. The Balaban J connectivity index is 2.26. The Kier molecular flexibility index (Phi) is 8.07. The normalized spacial score (nSPS) is 22.1. The number of methoxy groups -OCH3 is 2. The SMILES string of the molecule is CCOC(=O)C1=C(C)NC2=C(C(=O)[C@@H](C(=O)OC)[C@@H](C)C2)[C@@H]1c1cc(Br)c(OCC)c(OC)c1. The number of rotatable bonds is 7. The maximum atomic E-state index is 13.8. The Labute approximate surface area is 207 Å². The lowest BCUT2D eigenvalue weighted by molar-refractivity contribution is -0.151. The molecule has 1 N–H and O–H groups in total. The van der Waals surface area contributed by atoms with Gasteiger partial charge in [0.15, 0.2) is 17.3 Å². The van der Waals surface area contributed by atoms with Crippen molar-refractivity contribution in [3.8, 4) is 11.5 Å². The van der Waals surface area contributed by atoms with Crippen LogP contribution in [0.25, 0.3) is 0 Å². The molecule has 1 heterocycles.